The van der Waals surface area contributed by atoms with Crippen LogP contribution in [0.15, 0.2) is 12.2 Å². The van der Waals surface area contributed by atoms with E-state index < -0.39 is 6.29 Å². The van der Waals surface area contributed by atoms with Crippen molar-refractivity contribution in [3.8, 4) is 0 Å². The van der Waals surface area contributed by atoms with Crippen LogP contribution in [0.25, 0.3) is 0 Å². The van der Waals surface area contributed by atoms with E-state index in [0.717, 1.165) is 0 Å². The molecule has 0 fully saturated rings. The van der Waals surface area contributed by atoms with Crippen LogP contribution < -0.4 is 5.32 Å². The van der Waals surface area contributed by atoms with Gasteiger partial charge in [-0.1, -0.05) is 6.58 Å². The Hall–Kier alpha value is -0.870. The lowest BCUT2D eigenvalue weighted by atomic mass is 10.2. The predicted molar refractivity (Wildman–Crippen MR) is 50.2 cm³/mol. The molecule has 0 aliphatic heterocycles. The van der Waals surface area contributed by atoms with Crippen LogP contribution in [0.3, 0.4) is 0 Å². The van der Waals surface area contributed by atoms with Crippen molar-refractivity contribution < 1.29 is 14.3 Å². The van der Waals surface area contributed by atoms with Crippen molar-refractivity contribution in [1.82, 2.24) is 5.32 Å². The molecule has 4 nitrogen and oxygen atoms in total. The first-order chi connectivity index (χ1) is 6.02. The third-order valence-corrected chi connectivity index (χ3v) is 1.62. The van der Waals surface area contributed by atoms with Gasteiger partial charge in [-0.05, 0) is 13.8 Å². The summed E-state index contributed by atoms with van der Waals surface area (Å²) >= 11 is 0. The summed E-state index contributed by atoms with van der Waals surface area (Å²) in [6.45, 7) is 6.98. The van der Waals surface area contributed by atoms with Gasteiger partial charge in [0.15, 0.2) is 6.29 Å². The van der Waals surface area contributed by atoms with Gasteiger partial charge in [0.1, 0.15) is 0 Å². The average Bonchev–Trinajstić information content (AvgIpc) is 2.06. The zero-order valence-corrected chi connectivity index (χ0v) is 8.59. The van der Waals surface area contributed by atoms with Crippen LogP contribution in [0.5, 0.6) is 0 Å². The van der Waals surface area contributed by atoms with Gasteiger partial charge in [-0.25, -0.2) is 0 Å². The lowest BCUT2D eigenvalue weighted by Crippen LogP contribution is -2.43. The normalized spacial score (nSPS) is 12.7. The van der Waals surface area contributed by atoms with Gasteiger partial charge >= 0.3 is 0 Å². The van der Waals surface area contributed by atoms with E-state index in [-0.39, 0.29) is 11.9 Å². The van der Waals surface area contributed by atoms with Gasteiger partial charge in [0.25, 0.3) is 0 Å². The van der Waals surface area contributed by atoms with E-state index in [1.807, 2.05) is 0 Å². The first-order valence-electron chi connectivity index (χ1n) is 4.04. The van der Waals surface area contributed by atoms with Crippen molar-refractivity contribution in [2.45, 2.75) is 26.2 Å². The molecule has 13 heavy (non-hydrogen) atoms. The van der Waals surface area contributed by atoms with Crippen LogP contribution in [0.4, 0.5) is 0 Å². The van der Waals surface area contributed by atoms with E-state index in [2.05, 4.69) is 11.9 Å². The number of rotatable bonds is 5. The Bertz CT molecular complexity index is 187. The van der Waals surface area contributed by atoms with E-state index in [1.54, 1.807) is 13.8 Å². The molecule has 0 saturated carbocycles. The first kappa shape index (κ1) is 12.1. The zero-order chi connectivity index (χ0) is 10.4. The number of hydrogen-bond donors (Lipinski definition) is 1. The minimum atomic E-state index is -0.428. The number of ether oxygens (including phenoxy) is 2. The number of carbonyl (C=O) groups excluding carboxylic acids is 1. The maximum absolute atomic E-state index is 11.2. The second-order valence-corrected chi connectivity index (χ2v) is 2.88. The Morgan fingerprint density at radius 1 is 1.38 bits per heavy atom. The van der Waals surface area contributed by atoms with Gasteiger partial charge in [-0.15, -0.1) is 0 Å². The SMILES string of the molecule is C=C(C)C(=O)NC(C)C(OC)OC. The van der Waals surface area contributed by atoms with E-state index in [0.29, 0.717) is 5.57 Å². The molecule has 0 bridgehead atoms. The standard InChI is InChI=1S/C9H17NO3/c1-6(2)8(11)10-7(3)9(12-4)13-5/h7,9H,1H2,2-5H3,(H,10,11). The first-order valence-corrected chi connectivity index (χ1v) is 4.04. The van der Waals surface area contributed by atoms with Crippen molar-refractivity contribution in [3.63, 3.8) is 0 Å². The van der Waals surface area contributed by atoms with Crippen LogP contribution >= 0.6 is 0 Å². The van der Waals surface area contributed by atoms with E-state index >= 15 is 0 Å². The van der Waals surface area contributed by atoms with Crippen LogP contribution in [0.2, 0.25) is 0 Å². The molecule has 0 saturated heterocycles. The fraction of sp³-hybridized carbons (Fsp3) is 0.667. The zero-order valence-electron chi connectivity index (χ0n) is 8.59. The fourth-order valence-electron chi connectivity index (χ4n) is 0.902. The van der Waals surface area contributed by atoms with Crippen LogP contribution in [0.1, 0.15) is 13.8 Å². The highest BCUT2D eigenvalue weighted by atomic mass is 16.7. The Labute approximate surface area is 78.9 Å². The molecule has 4 heteroatoms. The summed E-state index contributed by atoms with van der Waals surface area (Å²) in [5.41, 5.74) is 0.470. The van der Waals surface area contributed by atoms with E-state index in [4.69, 9.17) is 9.47 Å². The molecule has 0 spiro atoms. The second-order valence-electron chi connectivity index (χ2n) is 2.88. The molecule has 1 unspecified atom stereocenters. The minimum Gasteiger partial charge on any atom is -0.354 e. The topological polar surface area (TPSA) is 47.6 Å². The summed E-state index contributed by atoms with van der Waals surface area (Å²) in [6, 6.07) is -0.195. The highest BCUT2D eigenvalue weighted by Crippen LogP contribution is 1.99. The number of nitrogens with one attached hydrogen (secondary N) is 1. The van der Waals surface area contributed by atoms with Crippen molar-refractivity contribution >= 4 is 5.91 Å². The fourth-order valence-corrected chi connectivity index (χ4v) is 0.902. The number of methoxy groups -OCH3 is 2. The molecule has 0 aliphatic rings. The third-order valence-electron chi connectivity index (χ3n) is 1.62. The second kappa shape index (κ2) is 5.72. The molecule has 1 N–H and O–H groups in total. The highest BCUT2D eigenvalue weighted by Gasteiger charge is 2.17. The Morgan fingerprint density at radius 3 is 2.15 bits per heavy atom. The maximum atomic E-state index is 11.2. The van der Waals surface area contributed by atoms with Crippen molar-refractivity contribution in [2.75, 3.05) is 14.2 Å². The average molecular weight is 187 g/mol. The molecule has 0 aromatic heterocycles. The molecule has 0 rings (SSSR count). The smallest absolute Gasteiger partial charge is 0.246 e. The number of hydrogen-bond acceptors (Lipinski definition) is 3. The van der Waals surface area contributed by atoms with Crippen molar-refractivity contribution in [3.05, 3.63) is 12.2 Å². The summed E-state index contributed by atoms with van der Waals surface area (Å²) < 4.78 is 9.95. The molecule has 0 aromatic rings. The molecule has 0 heterocycles. The van der Waals surface area contributed by atoms with Crippen molar-refractivity contribution in [1.29, 1.82) is 0 Å². The molecule has 0 aliphatic carbocycles. The third kappa shape index (κ3) is 4.05. The molecule has 0 aromatic carbocycles. The summed E-state index contributed by atoms with van der Waals surface area (Å²) in [5, 5.41) is 2.69. The van der Waals surface area contributed by atoms with Crippen molar-refractivity contribution in [2.24, 2.45) is 0 Å². The van der Waals surface area contributed by atoms with Gasteiger partial charge in [-0.2, -0.15) is 0 Å². The van der Waals surface area contributed by atoms with E-state index in [9.17, 15) is 4.79 Å². The molecule has 1 atom stereocenters. The highest BCUT2D eigenvalue weighted by molar-refractivity contribution is 5.92. The van der Waals surface area contributed by atoms with Gasteiger partial charge in [0.05, 0.1) is 6.04 Å². The summed E-state index contributed by atoms with van der Waals surface area (Å²) in [5.74, 6) is -0.188. The lowest BCUT2D eigenvalue weighted by Gasteiger charge is -2.21. The molecule has 1 amide bonds. The maximum Gasteiger partial charge on any atom is 0.246 e. The monoisotopic (exact) mass is 187 g/mol. The molecular weight excluding hydrogens is 170 g/mol. The van der Waals surface area contributed by atoms with Crippen LogP contribution in [-0.4, -0.2) is 32.5 Å². The predicted octanol–water partition coefficient (Wildman–Crippen LogP) is 0.686. The largest absolute Gasteiger partial charge is 0.354 e. The molecule has 0 radical (unpaired) electrons. The Morgan fingerprint density at radius 2 is 1.85 bits per heavy atom. The van der Waals surface area contributed by atoms with Gasteiger partial charge in [0.2, 0.25) is 5.91 Å². The summed E-state index contributed by atoms with van der Waals surface area (Å²) in [6.07, 6.45) is -0.428. The molecule has 76 valence electrons. The quantitative estimate of drug-likeness (QED) is 0.508. The van der Waals surface area contributed by atoms with Crippen LogP contribution in [0, 0.1) is 0 Å². The van der Waals surface area contributed by atoms with Gasteiger partial charge < -0.3 is 14.8 Å². The number of carbonyl (C=O) groups is 1. The minimum absolute atomic E-state index is 0.188. The lowest BCUT2D eigenvalue weighted by molar-refractivity contribution is -0.133. The summed E-state index contributed by atoms with van der Waals surface area (Å²) in [4.78, 5) is 11.2. The Balaban J connectivity index is 4.04. The molecular formula is C9H17NO3. The van der Waals surface area contributed by atoms with Gasteiger partial charge in [-0.3, -0.25) is 4.79 Å². The van der Waals surface area contributed by atoms with E-state index in [1.165, 1.54) is 14.2 Å². The van der Waals surface area contributed by atoms with Gasteiger partial charge in [0, 0.05) is 19.8 Å². The summed E-state index contributed by atoms with van der Waals surface area (Å²) in [7, 11) is 3.05. The number of amides is 1. The Kier molecular flexibility index (Phi) is 5.34. The van der Waals surface area contributed by atoms with Crippen LogP contribution in [-0.2, 0) is 14.3 Å².